The Morgan fingerprint density at radius 2 is 2.05 bits per heavy atom. The van der Waals surface area contributed by atoms with Crippen molar-refractivity contribution in [1.29, 1.82) is 5.26 Å². The predicted octanol–water partition coefficient (Wildman–Crippen LogP) is 2.73. The van der Waals surface area contributed by atoms with Gasteiger partial charge in [0.15, 0.2) is 0 Å². The molecule has 0 unspecified atom stereocenters. The lowest BCUT2D eigenvalue weighted by atomic mass is 10.1. The molecule has 0 heterocycles. The largest absolute Gasteiger partial charge is 0.489 e. The number of benzene rings is 2. The van der Waals surface area contributed by atoms with E-state index in [1.165, 1.54) is 4.90 Å². The normalized spacial score (nSPS) is 9.60. The van der Waals surface area contributed by atoms with Crippen molar-refractivity contribution in [3.63, 3.8) is 0 Å². The first-order chi connectivity index (χ1) is 9.72. The van der Waals surface area contributed by atoms with Crippen LogP contribution in [0.3, 0.4) is 0 Å². The molecule has 0 spiro atoms. The highest BCUT2D eigenvalue weighted by molar-refractivity contribution is 5.74. The Morgan fingerprint density at radius 1 is 1.25 bits per heavy atom. The van der Waals surface area contributed by atoms with Gasteiger partial charge in [-0.2, -0.15) is 5.26 Å². The summed E-state index contributed by atoms with van der Waals surface area (Å²) in [7, 11) is 1.68. The SMILES string of the molecule is CN(C=O)c1cccc(OCc2cccc(C#N)c2)c1. The Morgan fingerprint density at radius 3 is 2.80 bits per heavy atom. The van der Waals surface area contributed by atoms with E-state index in [-0.39, 0.29) is 0 Å². The van der Waals surface area contributed by atoms with Crippen molar-refractivity contribution >= 4 is 12.1 Å². The number of carbonyl (C=O) groups excluding carboxylic acids is 1. The highest BCUT2D eigenvalue weighted by Crippen LogP contribution is 2.20. The molecule has 1 amide bonds. The molecule has 0 bridgehead atoms. The van der Waals surface area contributed by atoms with Gasteiger partial charge < -0.3 is 9.64 Å². The number of amides is 1. The summed E-state index contributed by atoms with van der Waals surface area (Å²) in [5.41, 5.74) is 2.31. The molecule has 0 atom stereocenters. The van der Waals surface area contributed by atoms with Gasteiger partial charge in [-0.15, -0.1) is 0 Å². The van der Waals surface area contributed by atoms with Crippen LogP contribution in [0.25, 0.3) is 0 Å². The van der Waals surface area contributed by atoms with Gasteiger partial charge in [0.25, 0.3) is 0 Å². The van der Waals surface area contributed by atoms with Gasteiger partial charge in [-0.1, -0.05) is 18.2 Å². The van der Waals surface area contributed by atoms with E-state index in [0.717, 1.165) is 17.7 Å². The van der Waals surface area contributed by atoms with Gasteiger partial charge in [-0.3, -0.25) is 4.79 Å². The molecule has 0 saturated carbocycles. The first-order valence-corrected chi connectivity index (χ1v) is 6.13. The van der Waals surface area contributed by atoms with Gasteiger partial charge in [0.05, 0.1) is 11.6 Å². The first kappa shape index (κ1) is 13.6. The number of hydrogen-bond acceptors (Lipinski definition) is 3. The highest BCUT2D eigenvalue weighted by Gasteiger charge is 2.02. The van der Waals surface area contributed by atoms with Crippen LogP contribution in [-0.2, 0) is 11.4 Å². The van der Waals surface area contributed by atoms with Crippen molar-refractivity contribution < 1.29 is 9.53 Å². The van der Waals surface area contributed by atoms with Gasteiger partial charge >= 0.3 is 0 Å². The van der Waals surface area contributed by atoms with Crippen molar-refractivity contribution in [2.45, 2.75) is 6.61 Å². The van der Waals surface area contributed by atoms with E-state index in [4.69, 9.17) is 10.00 Å². The zero-order chi connectivity index (χ0) is 14.4. The number of rotatable bonds is 5. The number of hydrogen-bond donors (Lipinski definition) is 0. The fourth-order valence-electron chi connectivity index (χ4n) is 1.75. The van der Waals surface area contributed by atoms with Crippen LogP contribution < -0.4 is 9.64 Å². The molecule has 100 valence electrons. The molecule has 0 aromatic heterocycles. The Hall–Kier alpha value is -2.80. The molecule has 4 heteroatoms. The molecule has 2 aromatic rings. The third kappa shape index (κ3) is 3.36. The van der Waals surface area contributed by atoms with Gasteiger partial charge in [-0.25, -0.2) is 0 Å². The molecule has 0 saturated heterocycles. The molecule has 2 rings (SSSR count). The molecule has 20 heavy (non-hydrogen) atoms. The molecular weight excluding hydrogens is 252 g/mol. The molecule has 0 fully saturated rings. The number of nitrogens with zero attached hydrogens (tertiary/aromatic N) is 2. The summed E-state index contributed by atoms with van der Waals surface area (Å²) in [6, 6.07) is 16.7. The third-order valence-corrected chi connectivity index (χ3v) is 2.84. The standard InChI is InChI=1S/C16H14N2O2/c1-18(12-19)15-6-3-7-16(9-15)20-11-14-5-2-4-13(8-14)10-17/h2-9,12H,11H2,1H3. The summed E-state index contributed by atoms with van der Waals surface area (Å²) < 4.78 is 5.67. The molecule has 0 aliphatic carbocycles. The Balaban J connectivity index is 2.07. The second kappa shape index (κ2) is 6.39. The fourth-order valence-corrected chi connectivity index (χ4v) is 1.75. The van der Waals surface area contributed by atoms with Crippen LogP contribution in [-0.4, -0.2) is 13.5 Å². The lowest BCUT2D eigenvalue weighted by Gasteiger charge is -2.12. The van der Waals surface area contributed by atoms with Gasteiger partial charge in [-0.05, 0) is 29.8 Å². The van der Waals surface area contributed by atoms with Gasteiger partial charge in [0.1, 0.15) is 12.4 Å². The summed E-state index contributed by atoms with van der Waals surface area (Å²) in [6.07, 6.45) is 0.746. The van der Waals surface area contributed by atoms with E-state index in [9.17, 15) is 4.79 Å². The average molecular weight is 266 g/mol. The number of ether oxygens (including phenoxy) is 1. The van der Waals surface area contributed by atoms with Crippen LogP contribution in [0.4, 0.5) is 5.69 Å². The molecular formula is C16H14N2O2. The minimum absolute atomic E-state index is 0.379. The minimum Gasteiger partial charge on any atom is -0.489 e. The minimum atomic E-state index is 0.379. The highest BCUT2D eigenvalue weighted by atomic mass is 16.5. The maximum absolute atomic E-state index is 10.7. The van der Waals surface area contributed by atoms with Crippen LogP contribution in [0.15, 0.2) is 48.5 Å². The molecule has 4 nitrogen and oxygen atoms in total. The average Bonchev–Trinajstić information content (AvgIpc) is 2.52. The van der Waals surface area contributed by atoms with Crippen molar-refractivity contribution in [3.05, 3.63) is 59.7 Å². The van der Waals surface area contributed by atoms with E-state index in [0.29, 0.717) is 17.9 Å². The number of nitriles is 1. The molecule has 2 aromatic carbocycles. The Kier molecular flexibility index (Phi) is 4.35. The van der Waals surface area contributed by atoms with Crippen LogP contribution >= 0.6 is 0 Å². The van der Waals surface area contributed by atoms with Crippen LogP contribution in [0.2, 0.25) is 0 Å². The predicted molar refractivity (Wildman–Crippen MR) is 76.4 cm³/mol. The van der Waals surface area contributed by atoms with Crippen molar-refractivity contribution in [2.24, 2.45) is 0 Å². The summed E-state index contributed by atoms with van der Waals surface area (Å²) in [5.74, 6) is 0.679. The van der Waals surface area contributed by atoms with Crippen LogP contribution in [0.5, 0.6) is 5.75 Å². The van der Waals surface area contributed by atoms with Crippen LogP contribution in [0.1, 0.15) is 11.1 Å². The van der Waals surface area contributed by atoms with Crippen molar-refractivity contribution in [3.8, 4) is 11.8 Å². The lowest BCUT2D eigenvalue weighted by molar-refractivity contribution is -0.107. The summed E-state index contributed by atoms with van der Waals surface area (Å²) in [4.78, 5) is 12.2. The monoisotopic (exact) mass is 266 g/mol. The fraction of sp³-hybridized carbons (Fsp3) is 0.125. The van der Waals surface area contributed by atoms with E-state index < -0.39 is 0 Å². The second-order valence-corrected chi connectivity index (χ2v) is 4.31. The number of carbonyl (C=O) groups is 1. The maximum Gasteiger partial charge on any atom is 0.213 e. The zero-order valence-corrected chi connectivity index (χ0v) is 11.1. The van der Waals surface area contributed by atoms with Gasteiger partial charge in [0.2, 0.25) is 6.41 Å². The topological polar surface area (TPSA) is 53.3 Å². The summed E-state index contributed by atoms with van der Waals surface area (Å²) in [6.45, 7) is 0.379. The molecule has 0 N–H and O–H groups in total. The smallest absolute Gasteiger partial charge is 0.213 e. The van der Waals surface area contributed by atoms with E-state index in [1.807, 2.05) is 30.3 Å². The lowest BCUT2D eigenvalue weighted by Crippen LogP contribution is -2.13. The third-order valence-electron chi connectivity index (χ3n) is 2.84. The van der Waals surface area contributed by atoms with E-state index in [1.54, 1.807) is 25.2 Å². The molecule has 0 aliphatic heterocycles. The summed E-state index contributed by atoms with van der Waals surface area (Å²) >= 11 is 0. The summed E-state index contributed by atoms with van der Waals surface area (Å²) in [5, 5.41) is 8.84. The second-order valence-electron chi connectivity index (χ2n) is 4.31. The molecule has 0 aliphatic rings. The van der Waals surface area contributed by atoms with Gasteiger partial charge in [0, 0.05) is 18.8 Å². The quantitative estimate of drug-likeness (QED) is 0.782. The van der Waals surface area contributed by atoms with Crippen molar-refractivity contribution in [1.82, 2.24) is 0 Å². The molecule has 0 radical (unpaired) electrons. The van der Waals surface area contributed by atoms with Crippen molar-refractivity contribution in [2.75, 3.05) is 11.9 Å². The van der Waals surface area contributed by atoms with E-state index in [2.05, 4.69) is 6.07 Å². The number of anilines is 1. The van der Waals surface area contributed by atoms with Crippen LogP contribution in [0, 0.1) is 11.3 Å². The van der Waals surface area contributed by atoms with E-state index >= 15 is 0 Å². The zero-order valence-electron chi connectivity index (χ0n) is 11.1. The Labute approximate surface area is 117 Å². The maximum atomic E-state index is 10.7. The first-order valence-electron chi connectivity index (χ1n) is 6.13. The Bertz CT molecular complexity index is 647.